The predicted octanol–water partition coefficient (Wildman–Crippen LogP) is 1.19. The Hall–Kier alpha value is -1.91. The van der Waals surface area contributed by atoms with Gasteiger partial charge in [-0.25, -0.2) is 9.18 Å². The first-order valence-electron chi connectivity index (χ1n) is 4.46. The number of rotatable bonds is 1. The van der Waals surface area contributed by atoms with Gasteiger partial charge in [0.05, 0.1) is 5.69 Å². The number of benzene rings is 1. The van der Waals surface area contributed by atoms with Crippen LogP contribution in [0, 0.1) is 12.7 Å². The molecule has 3 amide bonds. The Kier molecular flexibility index (Phi) is 2.15. The fraction of sp³-hybridized carbons (Fsp3) is 0.200. The molecule has 1 aliphatic heterocycles. The molecule has 0 aromatic heterocycles. The van der Waals surface area contributed by atoms with Gasteiger partial charge in [-0.2, -0.15) is 0 Å². The van der Waals surface area contributed by atoms with Gasteiger partial charge >= 0.3 is 6.03 Å². The van der Waals surface area contributed by atoms with E-state index < -0.39 is 17.8 Å². The van der Waals surface area contributed by atoms with Gasteiger partial charge in [0.1, 0.15) is 12.4 Å². The van der Waals surface area contributed by atoms with Crippen molar-refractivity contribution in [1.82, 2.24) is 5.32 Å². The van der Waals surface area contributed by atoms with E-state index in [-0.39, 0.29) is 12.2 Å². The molecule has 1 aromatic carbocycles. The fourth-order valence-corrected chi connectivity index (χ4v) is 1.59. The molecule has 0 saturated carbocycles. The molecule has 1 fully saturated rings. The van der Waals surface area contributed by atoms with Crippen LogP contribution in [0.2, 0.25) is 0 Å². The van der Waals surface area contributed by atoms with Crippen LogP contribution in [0.1, 0.15) is 5.56 Å². The molecule has 0 bridgehead atoms. The van der Waals surface area contributed by atoms with Gasteiger partial charge < -0.3 is 0 Å². The molecule has 1 heterocycles. The Labute approximate surface area is 85.7 Å². The summed E-state index contributed by atoms with van der Waals surface area (Å²) < 4.78 is 13.5. The monoisotopic (exact) mass is 208 g/mol. The van der Waals surface area contributed by atoms with E-state index in [1.165, 1.54) is 6.07 Å². The molecule has 1 N–H and O–H groups in total. The van der Waals surface area contributed by atoms with Crippen LogP contribution < -0.4 is 10.2 Å². The van der Waals surface area contributed by atoms with Gasteiger partial charge in [0.2, 0.25) is 5.91 Å². The van der Waals surface area contributed by atoms with E-state index in [1.807, 2.05) is 0 Å². The van der Waals surface area contributed by atoms with Crippen molar-refractivity contribution in [3.05, 3.63) is 29.6 Å². The number of para-hydroxylation sites is 1. The van der Waals surface area contributed by atoms with Gasteiger partial charge in [-0.1, -0.05) is 12.1 Å². The summed E-state index contributed by atoms with van der Waals surface area (Å²) in [6.07, 6.45) is 0. The van der Waals surface area contributed by atoms with Crippen molar-refractivity contribution < 1.29 is 14.0 Å². The third-order valence-electron chi connectivity index (χ3n) is 2.25. The van der Waals surface area contributed by atoms with Crippen LogP contribution >= 0.6 is 0 Å². The minimum atomic E-state index is -0.576. The zero-order valence-electron chi connectivity index (χ0n) is 8.08. The number of aryl methyl sites for hydroxylation is 1. The first-order valence-corrected chi connectivity index (χ1v) is 4.46. The SMILES string of the molecule is Cc1cccc(F)c1N1CC(=O)NC1=O. The molecule has 78 valence electrons. The van der Waals surface area contributed by atoms with E-state index in [0.717, 1.165) is 4.90 Å². The zero-order chi connectivity index (χ0) is 11.0. The molecule has 0 unspecified atom stereocenters. The number of imide groups is 1. The molecule has 5 heteroatoms. The lowest BCUT2D eigenvalue weighted by atomic mass is 10.2. The Morgan fingerprint density at radius 3 is 2.67 bits per heavy atom. The summed E-state index contributed by atoms with van der Waals surface area (Å²) in [6.45, 7) is 1.56. The maximum atomic E-state index is 13.5. The fourth-order valence-electron chi connectivity index (χ4n) is 1.59. The first kappa shape index (κ1) is 9.64. The topological polar surface area (TPSA) is 49.4 Å². The highest BCUT2D eigenvalue weighted by Gasteiger charge is 2.30. The molecule has 0 atom stereocenters. The van der Waals surface area contributed by atoms with Gasteiger partial charge in [-0.15, -0.1) is 0 Å². The largest absolute Gasteiger partial charge is 0.329 e. The number of nitrogens with one attached hydrogen (secondary N) is 1. The summed E-state index contributed by atoms with van der Waals surface area (Å²) in [5.74, 6) is -0.914. The number of carbonyl (C=O) groups excluding carboxylic acids is 2. The van der Waals surface area contributed by atoms with Crippen LogP contribution in [0.15, 0.2) is 18.2 Å². The highest BCUT2D eigenvalue weighted by atomic mass is 19.1. The molecule has 1 aliphatic rings. The number of anilines is 1. The normalized spacial score (nSPS) is 15.7. The maximum Gasteiger partial charge on any atom is 0.329 e. The molecule has 0 aliphatic carbocycles. The highest BCUT2D eigenvalue weighted by Crippen LogP contribution is 2.25. The Balaban J connectivity index is 2.46. The van der Waals surface area contributed by atoms with Crippen molar-refractivity contribution in [3.8, 4) is 0 Å². The van der Waals surface area contributed by atoms with Crippen LogP contribution in [-0.4, -0.2) is 18.5 Å². The first-order chi connectivity index (χ1) is 7.09. The predicted molar refractivity (Wildman–Crippen MR) is 52.0 cm³/mol. The molecule has 1 saturated heterocycles. The van der Waals surface area contributed by atoms with Crippen molar-refractivity contribution in [2.45, 2.75) is 6.92 Å². The average molecular weight is 208 g/mol. The second-order valence-electron chi connectivity index (χ2n) is 3.34. The molecule has 1 aromatic rings. The van der Waals surface area contributed by atoms with Crippen molar-refractivity contribution in [1.29, 1.82) is 0 Å². The second kappa shape index (κ2) is 3.34. The number of urea groups is 1. The lowest BCUT2D eigenvalue weighted by Crippen LogP contribution is -2.29. The lowest BCUT2D eigenvalue weighted by Gasteiger charge is -2.16. The minimum Gasteiger partial charge on any atom is -0.281 e. The smallest absolute Gasteiger partial charge is 0.281 e. The third-order valence-corrected chi connectivity index (χ3v) is 2.25. The van der Waals surface area contributed by atoms with E-state index >= 15 is 0 Å². The third kappa shape index (κ3) is 1.56. The van der Waals surface area contributed by atoms with E-state index in [1.54, 1.807) is 19.1 Å². The van der Waals surface area contributed by atoms with Gasteiger partial charge in [0.25, 0.3) is 0 Å². The van der Waals surface area contributed by atoms with Crippen LogP contribution in [0.5, 0.6) is 0 Å². The average Bonchev–Trinajstić information content (AvgIpc) is 2.45. The molecule has 0 radical (unpaired) electrons. The summed E-state index contributed by atoms with van der Waals surface area (Å²) in [4.78, 5) is 23.4. The molecule has 15 heavy (non-hydrogen) atoms. The molecular weight excluding hydrogens is 199 g/mol. The van der Waals surface area contributed by atoms with Crippen molar-refractivity contribution in [3.63, 3.8) is 0 Å². The van der Waals surface area contributed by atoms with E-state index in [2.05, 4.69) is 5.32 Å². The van der Waals surface area contributed by atoms with Crippen molar-refractivity contribution >= 4 is 17.6 Å². The maximum absolute atomic E-state index is 13.5. The molecule has 4 nitrogen and oxygen atoms in total. The summed E-state index contributed by atoms with van der Waals surface area (Å²) in [5, 5.41) is 2.10. The van der Waals surface area contributed by atoms with E-state index in [9.17, 15) is 14.0 Å². The Morgan fingerprint density at radius 2 is 2.13 bits per heavy atom. The van der Waals surface area contributed by atoms with Crippen LogP contribution in [0.3, 0.4) is 0 Å². The van der Waals surface area contributed by atoms with Crippen LogP contribution in [0.25, 0.3) is 0 Å². The quantitative estimate of drug-likeness (QED) is 0.705. The summed E-state index contributed by atoms with van der Waals surface area (Å²) in [7, 11) is 0. The zero-order valence-corrected chi connectivity index (χ0v) is 8.08. The summed E-state index contributed by atoms with van der Waals surface area (Å²) in [6, 6.07) is 3.94. The van der Waals surface area contributed by atoms with E-state index in [4.69, 9.17) is 0 Å². The van der Waals surface area contributed by atoms with Gasteiger partial charge in [-0.05, 0) is 18.6 Å². The van der Waals surface area contributed by atoms with Crippen LogP contribution in [-0.2, 0) is 4.79 Å². The number of carbonyl (C=O) groups is 2. The molecular formula is C10H9FN2O2. The number of amides is 3. The van der Waals surface area contributed by atoms with Gasteiger partial charge in [0.15, 0.2) is 0 Å². The summed E-state index contributed by atoms with van der Waals surface area (Å²) in [5.41, 5.74) is 0.792. The standard InChI is InChI=1S/C10H9FN2O2/c1-6-3-2-4-7(11)9(6)13-5-8(14)12-10(13)15/h2-4H,5H2,1H3,(H,12,14,15). The highest BCUT2D eigenvalue weighted by molar-refractivity contribution is 6.12. The van der Waals surface area contributed by atoms with E-state index in [0.29, 0.717) is 5.56 Å². The van der Waals surface area contributed by atoms with Crippen molar-refractivity contribution in [2.24, 2.45) is 0 Å². The number of nitrogens with zero attached hydrogens (tertiary/aromatic N) is 1. The second-order valence-corrected chi connectivity index (χ2v) is 3.34. The Bertz CT molecular complexity index is 425. The number of halogens is 1. The number of hydrogen-bond acceptors (Lipinski definition) is 2. The Morgan fingerprint density at radius 1 is 1.40 bits per heavy atom. The lowest BCUT2D eigenvalue weighted by molar-refractivity contribution is -0.117. The van der Waals surface area contributed by atoms with Gasteiger partial charge in [0, 0.05) is 0 Å². The molecule has 2 rings (SSSR count). The summed E-state index contributed by atoms with van der Waals surface area (Å²) >= 11 is 0. The van der Waals surface area contributed by atoms with Crippen molar-refractivity contribution in [2.75, 3.05) is 11.4 Å². The molecule has 0 spiro atoms. The van der Waals surface area contributed by atoms with Gasteiger partial charge in [-0.3, -0.25) is 15.0 Å². The number of hydrogen-bond donors (Lipinski definition) is 1. The van der Waals surface area contributed by atoms with Crippen LogP contribution in [0.4, 0.5) is 14.9 Å². The minimum absolute atomic E-state index is 0.124.